The van der Waals surface area contributed by atoms with Crippen LogP contribution >= 0.6 is 11.6 Å². The lowest BCUT2D eigenvalue weighted by Crippen LogP contribution is -2.51. The van der Waals surface area contributed by atoms with Gasteiger partial charge in [0, 0.05) is 18.1 Å². The van der Waals surface area contributed by atoms with Crippen molar-refractivity contribution >= 4 is 27.5 Å². The Morgan fingerprint density at radius 1 is 1.10 bits per heavy atom. The summed E-state index contributed by atoms with van der Waals surface area (Å²) in [6, 6.07) is 6.09. The zero-order chi connectivity index (χ0) is 22.0. The fourth-order valence-electron chi connectivity index (χ4n) is 4.26. The van der Waals surface area contributed by atoms with Crippen molar-refractivity contribution < 1.29 is 23.2 Å². The third kappa shape index (κ3) is 4.56. The van der Waals surface area contributed by atoms with E-state index in [0.717, 1.165) is 38.5 Å². The van der Waals surface area contributed by atoms with Gasteiger partial charge in [-0.2, -0.15) is 9.31 Å². The lowest BCUT2D eigenvalue weighted by Gasteiger charge is -2.30. The molecule has 2 aliphatic heterocycles. The van der Waals surface area contributed by atoms with Crippen LogP contribution in [0.2, 0.25) is 5.02 Å². The summed E-state index contributed by atoms with van der Waals surface area (Å²) in [5.41, 5.74) is 0.154. The Kier molecular flexibility index (Phi) is 6.49. The molecule has 1 aromatic carbocycles. The van der Waals surface area contributed by atoms with Crippen LogP contribution < -0.4 is 5.11 Å². The summed E-state index contributed by atoms with van der Waals surface area (Å²) in [6.07, 6.45) is 5.91. The Morgan fingerprint density at radius 3 is 2.32 bits per heavy atom. The van der Waals surface area contributed by atoms with E-state index in [-0.39, 0.29) is 41.3 Å². The van der Waals surface area contributed by atoms with E-state index in [1.807, 2.05) is 0 Å². The lowest BCUT2D eigenvalue weighted by atomic mass is 9.97. The molecule has 1 saturated carbocycles. The first kappa shape index (κ1) is 22.0. The van der Waals surface area contributed by atoms with Crippen molar-refractivity contribution in [2.75, 3.05) is 26.2 Å². The smallest absolute Gasteiger partial charge is 0.324 e. The molecular weight excluding hydrogens is 442 g/mol. The van der Waals surface area contributed by atoms with Crippen molar-refractivity contribution in [3.63, 3.8) is 0 Å². The van der Waals surface area contributed by atoms with E-state index in [2.05, 4.69) is 5.28 Å². The molecule has 2 heterocycles. The number of nitrogens with zero attached hydrogens (tertiary/aromatic N) is 4. The molecule has 1 aliphatic carbocycles. The fourth-order valence-corrected chi connectivity index (χ4v) is 5.80. The van der Waals surface area contributed by atoms with E-state index in [9.17, 15) is 13.5 Å². The van der Waals surface area contributed by atoms with Gasteiger partial charge in [-0.15, -0.1) is 0 Å². The molecule has 31 heavy (non-hydrogen) atoms. The van der Waals surface area contributed by atoms with Gasteiger partial charge in [-0.3, -0.25) is 10.2 Å². The molecule has 0 spiro atoms. The maximum atomic E-state index is 13.1. The van der Waals surface area contributed by atoms with Gasteiger partial charge in [0.1, 0.15) is 0 Å². The molecule has 2 fully saturated rings. The first-order valence-electron chi connectivity index (χ1n) is 10.6. The van der Waals surface area contributed by atoms with Gasteiger partial charge in [-0.1, -0.05) is 37.3 Å². The Bertz CT molecular complexity index is 993. The number of allylic oxidation sites excluding steroid dienone is 1. The fraction of sp³-hybridized carbons (Fsp3) is 0.550. The van der Waals surface area contributed by atoms with Gasteiger partial charge in [0.15, 0.2) is 0 Å². The highest BCUT2D eigenvalue weighted by Gasteiger charge is 2.41. The highest BCUT2D eigenvalue weighted by molar-refractivity contribution is 7.89. The predicted octanol–water partition coefficient (Wildman–Crippen LogP) is 2.49. The number of benzene rings is 1. The minimum atomic E-state index is -3.64. The van der Waals surface area contributed by atoms with Crippen LogP contribution in [0.3, 0.4) is 0 Å². The average Bonchev–Trinajstić information content (AvgIpc) is 2.97. The molecule has 9 nitrogen and oxygen atoms in total. The van der Waals surface area contributed by atoms with Crippen molar-refractivity contribution in [1.82, 2.24) is 9.31 Å². The predicted molar refractivity (Wildman–Crippen MR) is 112 cm³/mol. The normalized spacial score (nSPS) is 23.3. The van der Waals surface area contributed by atoms with Crippen LogP contribution in [0.1, 0.15) is 38.5 Å². The summed E-state index contributed by atoms with van der Waals surface area (Å²) >= 11 is 5.87. The van der Waals surface area contributed by atoms with Crippen LogP contribution in [0, 0.1) is 11.3 Å². The SMILES string of the molecule is N=C1ON=[N+](N2CCN(S(=O)(=O)c3ccc(Cl)cc3)CC2)C1=C([O-])C1CCCCCC1. The van der Waals surface area contributed by atoms with Crippen LogP contribution in [0.5, 0.6) is 0 Å². The molecule has 168 valence electrons. The van der Waals surface area contributed by atoms with E-state index >= 15 is 0 Å². The topological polar surface area (TPSA) is 112 Å². The Balaban J connectivity index is 1.48. The van der Waals surface area contributed by atoms with Crippen molar-refractivity contribution in [2.24, 2.45) is 11.2 Å². The molecule has 0 aromatic heterocycles. The molecule has 0 bridgehead atoms. The maximum absolute atomic E-state index is 13.1. The van der Waals surface area contributed by atoms with Gasteiger partial charge in [0.2, 0.25) is 15.3 Å². The molecule has 11 heteroatoms. The molecule has 0 atom stereocenters. The molecule has 0 amide bonds. The van der Waals surface area contributed by atoms with Gasteiger partial charge in [-0.25, -0.2) is 8.42 Å². The monoisotopic (exact) mass is 467 g/mol. The van der Waals surface area contributed by atoms with E-state index in [1.165, 1.54) is 21.2 Å². The van der Waals surface area contributed by atoms with Crippen LogP contribution in [0.25, 0.3) is 0 Å². The first-order chi connectivity index (χ1) is 14.9. The Morgan fingerprint density at radius 2 is 1.71 bits per heavy atom. The summed E-state index contributed by atoms with van der Waals surface area (Å²) in [5.74, 6) is -0.473. The summed E-state index contributed by atoms with van der Waals surface area (Å²) in [7, 11) is -3.64. The van der Waals surface area contributed by atoms with Gasteiger partial charge in [0.05, 0.1) is 22.8 Å². The highest BCUT2D eigenvalue weighted by Crippen LogP contribution is 2.30. The first-order valence-corrected chi connectivity index (χ1v) is 12.4. The number of hydrazine groups is 1. The molecule has 1 saturated heterocycles. The number of hydrogen-bond donors (Lipinski definition) is 1. The molecule has 0 radical (unpaired) electrons. The minimum Gasteiger partial charge on any atom is -0.871 e. The van der Waals surface area contributed by atoms with Crippen molar-refractivity contribution in [2.45, 2.75) is 43.4 Å². The second-order valence-electron chi connectivity index (χ2n) is 8.00. The van der Waals surface area contributed by atoms with Gasteiger partial charge in [0.25, 0.3) is 0 Å². The summed E-state index contributed by atoms with van der Waals surface area (Å²) in [5, 5.41) is 27.4. The number of rotatable bonds is 4. The quantitative estimate of drug-likeness (QED) is 0.415. The number of halogens is 1. The molecular formula is C20H26ClN5O4S. The third-order valence-corrected chi connectivity index (χ3v) is 8.18. The number of nitrogens with one attached hydrogen (secondary N) is 1. The van der Waals surface area contributed by atoms with Crippen LogP contribution in [0.4, 0.5) is 0 Å². The molecule has 1 N–H and O–H groups in total. The van der Waals surface area contributed by atoms with E-state index in [1.54, 1.807) is 17.1 Å². The lowest BCUT2D eigenvalue weighted by molar-refractivity contribution is -0.710. The van der Waals surface area contributed by atoms with E-state index in [4.69, 9.17) is 21.8 Å². The van der Waals surface area contributed by atoms with Crippen molar-refractivity contribution in [1.29, 1.82) is 5.41 Å². The largest absolute Gasteiger partial charge is 0.871 e. The molecule has 3 aliphatic rings. The van der Waals surface area contributed by atoms with Gasteiger partial charge in [-0.05, 0) is 48.8 Å². The van der Waals surface area contributed by atoms with Crippen LogP contribution in [-0.2, 0) is 14.9 Å². The molecule has 4 rings (SSSR count). The Hall–Kier alpha value is -2.17. The highest BCUT2D eigenvalue weighted by atomic mass is 35.5. The second-order valence-corrected chi connectivity index (χ2v) is 10.4. The third-order valence-electron chi connectivity index (χ3n) is 6.02. The van der Waals surface area contributed by atoms with Gasteiger partial charge < -0.3 is 5.11 Å². The maximum Gasteiger partial charge on any atom is 0.324 e. The zero-order valence-corrected chi connectivity index (χ0v) is 18.7. The average molecular weight is 468 g/mol. The molecule has 1 aromatic rings. The zero-order valence-electron chi connectivity index (χ0n) is 17.2. The number of sulfonamides is 1. The second kappa shape index (κ2) is 9.13. The summed E-state index contributed by atoms with van der Waals surface area (Å²) in [4.78, 5) is 6.59. The number of piperazine rings is 1. The number of hydrogen-bond acceptors (Lipinski definition) is 7. The van der Waals surface area contributed by atoms with Crippen molar-refractivity contribution in [3.8, 4) is 0 Å². The summed E-state index contributed by atoms with van der Waals surface area (Å²) < 4.78 is 27.2. The Labute approximate surface area is 187 Å². The van der Waals surface area contributed by atoms with E-state index in [0.29, 0.717) is 18.1 Å². The summed E-state index contributed by atoms with van der Waals surface area (Å²) in [6.45, 7) is 1.12. The minimum absolute atomic E-state index is 0.107. The van der Waals surface area contributed by atoms with Crippen LogP contribution in [0.15, 0.2) is 45.9 Å². The van der Waals surface area contributed by atoms with E-state index < -0.39 is 10.0 Å². The van der Waals surface area contributed by atoms with Crippen molar-refractivity contribution in [3.05, 3.63) is 40.7 Å². The van der Waals surface area contributed by atoms with Gasteiger partial charge >= 0.3 is 11.6 Å². The van der Waals surface area contributed by atoms with Crippen LogP contribution in [-0.4, -0.2) is 54.6 Å². The standard InChI is InChI=1S/C20H26ClN5O4S/c21-16-7-9-17(10-8-16)31(28,29)25-13-11-24(12-14-25)26-18(20(22)30-23-26)19(27)15-5-3-1-2-4-6-15/h7-10,15H,1-6,11-14H2,(H-,22,23,27). The molecule has 0 unspecified atom stereocenters.